The van der Waals surface area contributed by atoms with Crippen LogP contribution in [-0.2, 0) is 0 Å². The van der Waals surface area contributed by atoms with Crippen LogP contribution in [0, 0.1) is 6.92 Å². The fourth-order valence-corrected chi connectivity index (χ4v) is 6.83. The van der Waals surface area contributed by atoms with E-state index in [9.17, 15) is 4.79 Å². The number of nitrogens with one attached hydrogen (secondary N) is 1. The molecule has 212 valence electrons. The van der Waals surface area contributed by atoms with Crippen molar-refractivity contribution < 1.29 is 0 Å². The maximum absolute atomic E-state index is 13.6. The molecule has 3 aromatic heterocycles. The first kappa shape index (κ1) is 27.5. The lowest BCUT2D eigenvalue weighted by Gasteiger charge is -2.47. The number of hydrogen-bond acceptors (Lipinski definition) is 7. The average molecular weight is 592 g/mol. The van der Waals surface area contributed by atoms with Crippen molar-refractivity contribution in [2.75, 3.05) is 23.3 Å². The van der Waals surface area contributed by atoms with Crippen LogP contribution in [0.15, 0.2) is 59.8 Å². The number of halogens is 2. The third-order valence-electron chi connectivity index (χ3n) is 7.79. The van der Waals surface area contributed by atoms with Gasteiger partial charge in [-0.15, -0.1) is 0 Å². The number of rotatable bonds is 5. The quantitative estimate of drug-likeness (QED) is 0.265. The molecule has 6 rings (SSSR count). The van der Waals surface area contributed by atoms with Crippen molar-refractivity contribution >= 4 is 57.1 Å². The monoisotopic (exact) mass is 590 g/mol. The molecule has 0 spiro atoms. The standard InChI is InChI=1S/C30H32Cl2N8O/c1-17(2)39-19(4)15-37(16-20(39)5)25-10-9-21(13-18(25)3)35-30-34-14-22-26(36-30)28-33-11-12-38(28)40(29(22)41)27-23(31)7-6-8-24(27)32/h6-14,17,19-20H,15-16H2,1-5H3,(H,34,35,36)/t19-,20+. The van der Waals surface area contributed by atoms with Crippen molar-refractivity contribution in [2.45, 2.75) is 52.7 Å². The Labute approximate surface area is 248 Å². The van der Waals surface area contributed by atoms with Gasteiger partial charge in [0, 0.05) is 61.2 Å². The highest BCUT2D eigenvalue weighted by Crippen LogP contribution is 2.31. The number of piperazine rings is 1. The zero-order valence-corrected chi connectivity index (χ0v) is 25.1. The summed E-state index contributed by atoms with van der Waals surface area (Å²) in [4.78, 5) is 32.3. The van der Waals surface area contributed by atoms with Crippen LogP contribution in [0.4, 0.5) is 17.3 Å². The van der Waals surface area contributed by atoms with Gasteiger partial charge in [0.2, 0.25) is 5.95 Å². The maximum Gasteiger partial charge on any atom is 0.281 e. The Morgan fingerprint density at radius 3 is 2.39 bits per heavy atom. The van der Waals surface area contributed by atoms with E-state index in [4.69, 9.17) is 28.2 Å². The van der Waals surface area contributed by atoms with Crippen molar-refractivity contribution in [3.05, 3.63) is 81.0 Å². The van der Waals surface area contributed by atoms with E-state index in [1.165, 1.54) is 22.1 Å². The molecular weight excluding hydrogens is 559 g/mol. The number of nitrogens with zero attached hydrogens (tertiary/aromatic N) is 7. The molecule has 2 atom stereocenters. The molecule has 1 N–H and O–H groups in total. The fourth-order valence-electron chi connectivity index (χ4n) is 6.28. The molecule has 41 heavy (non-hydrogen) atoms. The summed E-state index contributed by atoms with van der Waals surface area (Å²) in [6, 6.07) is 12.9. The molecule has 0 aliphatic carbocycles. The predicted octanol–water partition coefficient (Wildman–Crippen LogP) is 6.09. The van der Waals surface area contributed by atoms with E-state index in [0.29, 0.717) is 56.4 Å². The first-order chi connectivity index (χ1) is 19.6. The number of fused-ring (bicyclic) bond motifs is 3. The minimum Gasteiger partial charge on any atom is -0.368 e. The Balaban J connectivity index is 1.33. The van der Waals surface area contributed by atoms with Gasteiger partial charge in [0.25, 0.3) is 5.56 Å². The first-order valence-electron chi connectivity index (χ1n) is 13.7. The van der Waals surface area contributed by atoms with E-state index in [2.05, 4.69) is 71.8 Å². The number of aryl methyl sites for hydroxylation is 1. The molecule has 4 heterocycles. The lowest BCUT2D eigenvalue weighted by molar-refractivity contribution is 0.0954. The fraction of sp³-hybridized carbons (Fsp3) is 0.333. The molecule has 1 saturated heterocycles. The highest BCUT2D eigenvalue weighted by Gasteiger charge is 2.31. The van der Waals surface area contributed by atoms with Crippen molar-refractivity contribution in [3.63, 3.8) is 0 Å². The highest BCUT2D eigenvalue weighted by atomic mass is 35.5. The summed E-state index contributed by atoms with van der Waals surface area (Å²) in [6.07, 6.45) is 4.80. The van der Waals surface area contributed by atoms with E-state index < -0.39 is 0 Å². The number of anilines is 3. The molecule has 0 radical (unpaired) electrons. The molecule has 2 aromatic carbocycles. The van der Waals surface area contributed by atoms with Gasteiger partial charge in [-0.2, -0.15) is 0 Å². The van der Waals surface area contributed by atoms with E-state index >= 15 is 0 Å². The van der Waals surface area contributed by atoms with Crippen LogP contribution in [0.3, 0.4) is 0 Å². The van der Waals surface area contributed by atoms with Gasteiger partial charge in [0.15, 0.2) is 5.65 Å². The van der Waals surface area contributed by atoms with Crippen LogP contribution in [0.5, 0.6) is 0 Å². The summed E-state index contributed by atoms with van der Waals surface area (Å²) >= 11 is 12.9. The van der Waals surface area contributed by atoms with Gasteiger partial charge in [0.05, 0.1) is 15.4 Å². The third-order valence-corrected chi connectivity index (χ3v) is 8.40. The summed E-state index contributed by atoms with van der Waals surface area (Å²) in [7, 11) is 0. The summed E-state index contributed by atoms with van der Waals surface area (Å²) < 4.78 is 3.01. The lowest BCUT2D eigenvalue weighted by atomic mass is 10.0. The second kappa shape index (κ2) is 10.6. The van der Waals surface area contributed by atoms with E-state index in [0.717, 1.165) is 18.8 Å². The molecule has 0 amide bonds. The van der Waals surface area contributed by atoms with Crippen molar-refractivity contribution in [1.82, 2.24) is 29.0 Å². The van der Waals surface area contributed by atoms with Gasteiger partial charge >= 0.3 is 0 Å². The average Bonchev–Trinajstić information content (AvgIpc) is 3.39. The molecule has 0 bridgehead atoms. The summed E-state index contributed by atoms with van der Waals surface area (Å²) in [6.45, 7) is 13.2. The van der Waals surface area contributed by atoms with E-state index in [1.54, 1.807) is 35.1 Å². The molecular formula is C30H32Cl2N8O. The SMILES string of the molecule is Cc1cc(Nc2ncc3c(=O)n(-c4c(Cl)cccc4Cl)n4ccnc4c3n2)ccc1N1C[C@@H](C)N(C(C)C)[C@@H](C)C1. The second-order valence-corrected chi connectivity index (χ2v) is 11.8. The van der Waals surface area contributed by atoms with Crippen LogP contribution in [-0.4, -0.2) is 60.3 Å². The Morgan fingerprint density at radius 1 is 1.02 bits per heavy atom. The van der Waals surface area contributed by atoms with Gasteiger partial charge in [-0.25, -0.2) is 24.1 Å². The summed E-state index contributed by atoms with van der Waals surface area (Å²) in [5, 5.41) is 4.31. The normalized spacial score (nSPS) is 18.1. The molecule has 9 nitrogen and oxygen atoms in total. The maximum atomic E-state index is 13.6. The predicted molar refractivity (Wildman–Crippen MR) is 166 cm³/mol. The smallest absolute Gasteiger partial charge is 0.281 e. The van der Waals surface area contributed by atoms with Gasteiger partial charge < -0.3 is 10.2 Å². The largest absolute Gasteiger partial charge is 0.368 e. The van der Waals surface area contributed by atoms with E-state index in [-0.39, 0.29) is 5.56 Å². The van der Waals surface area contributed by atoms with Crippen molar-refractivity contribution in [2.24, 2.45) is 0 Å². The van der Waals surface area contributed by atoms with Crippen LogP contribution in [0.1, 0.15) is 33.3 Å². The zero-order valence-electron chi connectivity index (χ0n) is 23.6. The van der Waals surface area contributed by atoms with Crippen molar-refractivity contribution in [3.8, 4) is 5.69 Å². The summed E-state index contributed by atoms with van der Waals surface area (Å²) in [5.41, 5.74) is 4.19. The van der Waals surface area contributed by atoms with Crippen LogP contribution in [0.2, 0.25) is 10.0 Å². The molecule has 1 aliphatic rings. The van der Waals surface area contributed by atoms with Crippen molar-refractivity contribution in [1.29, 1.82) is 0 Å². The molecule has 1 fully saturated rings. The van der Waals surface area contributed by atoms with Gasteiger partial charge in [-0.3, -0.25) is 9.69 Å². The number of imidazole rings is 1. The topological polar surface area (TPSA) is 83.6 Å². The van der Waals surface area contributed by atoms with Crippen LogP contribution < -0.4 is 15.8 Å². The Kier molecular flexibility index (Phi) is 7.13. The molecule has 11 heteroatoms. The second-order valence-electron chi connectivity index (χ2n) is 11.0. The van der Waals surface area contributed by atoms with Crippen LogP contribution in [0.25, 0.3) is 22.2 Å². The highest BCUT2D eigenvalue weighted by molar-refractivity contribution is 6.37. The minimum atomic E-state index is -0.353. The van der Waals surface area contributed by atoms with Gasteiger partial charge in [-0.1, -0.05) is 29.3 Å². The van der Waals surface area contributed by atoms with E-state index in [1.807, 2.05) is 6.07 Å². The zero-order chi connectivity index (χ0) is 29.0. The molecule has 0 unspecified atom stereocenters. The molecule has 5 aromatic rings. The third kappa shape index (κ3) is 4.81. The molecule has 0 saturated carbocycles. The lowest BCUT2D eigenvalue weighted by Crippen LogP contribution is -2.59. The number of hydrogen-bond donors (Lipinski definition) is 1. The Hall–Kier alpha value is -3.66. The minimum absolute atomic E-state index is 0.306. The van der Waals surface area contributed by atoms with Gasteiger partial charge in [0.1, 0.15) is 11.2 Å². The van der Waals surface area contributed by atoms with Gasteiger partial charge in [-0.05, 0) is 70.5 Å². The molecule has 1 aliphatic heterocycles. The number of para-hydroxylation sites is 1. The Morgan fingerprint density at radius 2 is 1.73 bits per heavy atom. The first-order valence-corrected chi connectivity index (χ1v) is 14.5. The number of aromatic nitrogens is 5. The Bertz CT molecular complexity index is 1800. The van der Waals surface area contributed by atoms with Crippen LogP contribution >= 0.6 is 23.2 Å². The summed E-state index contributed by atoms with van der Waals surface area (Å²) in [5.74, 6) is 0.371. The number of benzene rings is 2.